The molecule has 0 heterocycles. The highest BCUT2D eigenvalue weighted by molar-refractivity contribution is 5.86. The number of nitrogens with two attached hydrogens (primary N) is 1. The Labute approximate surface area is 113 Å². The number of methoxy groups -OCH3 is 1. The third-order valence-corrected chi connectivity index (χ3v) is 4.20. The molecule has 6 heteroatoms. The molecule has 2 saturated carbocycles. The molecular weight excluding hydrogens is 256 g/mol. The van der Waals surface area contributed by atoms with Crippen molar-refractivity contribution in [3.8, 4) is 0 Å². The number of esters is 1. The second-order valence-electron chi connectivity index (χ2n) is 5.19. The van der Waals surface area contributed by atoms with Crippen molar-refractivity contribution >= 4 is 24.3 Å². The normalized spacial score (nSPS) is 34.6. The van der Waals surface area contributed by atoms with Crippen LogP contribution >= 0.6 is 12.4 Å². The summed E-state index contributed by atoms with van der Waals surface area (Å²) >= 11 is 0. The van der Waals surface area contributed by atoms with Crippen molar-refractivity contribution in [3.05, 3.63) is 0 Å². The molecule has 0 saturated heterocycles. The number of nitrogens with one attached hydrogen (secondary N) is 1. The van der Waals surface area contributed by atoms with Gasteiger partial charge in [0.15, 0.2) is 0 Å². The SMILES string of the molecule is COC(=O)[C@H](C)NC(=O)C1C2CCC(C2)C1N.Cl. The molecule has 18 heavy (non-hydrogen) atoms. The fourth-order valence-electron chi connectivity index (χ4n) is 3.27. The molecule has 0 aromatic heterocycles. The van der Waals surface area contributed by atoms with E-state index in [1.165, 1.54) is 7.11 Å². The number of rotatable bonds is 3. The number of hydrogen-bond acceptors (Lipinski definition) is 4. The molecule has 2 fully saturated rings. The Bertz CT molecular complexity index is 335. The molecule has 2 rings (SSSR count). The van der Waals surface area contributed by atoms with E-state index in [-0.39, 0.29) is 30.3 Å². The maximum Gasteiger partial charge on any atom is 0.328 e. The molecule has 1 amide bonds. The zero-order chi connectivity index (χ0) is 12.6. The Hall–Kier alpha value is -0.810. The molecule has 2 aliphatic carbocycles. The van der Waals surface area contributed by atoms with E-state index < -0.39 is 12.0 Å². The molecule has 2 bridgehead atoms. The van der Waals surface area contributed by atoms with E-state index in [0.29, 0.717) is 11.8 Å². The van der Waals surface area contributed by atoms with Crippen molar-refractivity contribution in [2.45, 2.75) is 38.3 Å². The number of carbonyl (C=O) groups is 2. The molecule has 3 N–H and O–H groups in total. The van der Waals surface area contributed by atoms with Crippen LogP contribution in [0.5, 0.6) is 0 Å². The number of ether oxygens (including phenoxy) is 1. The quantitative estimate of drug-likeness (QED) is 0.734. The van der Waals surface area contributed by atoms with Gasteiger partial charge in [-0.1, -0.05) is 0 Å². The average molecular weight is 277 g/mol. The summed E-state index contributed by atoms with van der Waals surface area (Å²) in [6.07, 6.45) is 3.29. The first-order chi connectivity index (χ1) is 8.04. The van der Waals surface area contributed by atoms with Crippen LogP contribution in [0.1, 0.15) is 26.2 Å². The Kier molecular flexibility index (Phi) is 4.99. The summed E-state index contributed by atoms with van der Waals surface area (Å²) in [4.78, 5) is 23.3. The Balaban J connectivity index is 0.00000162. The van der Waals surface area contributed by atoms with Crippen LogP contribution in [0.4, 0.5) is 0 Å². The zero-order valence-corrected chi connectivity index (χ0v) is 11.5. The fourth-order valence-corrected chi connectivity index (χ4v) is 3.27. The van der Waals surface area contributed by atoms with Crippen molar-refractivity contribution in [2.24, 2.45) is 23.5 Å². The smallest absolute Gasteiger partial charge is 0.328 e. The van der Waals surface area contributed by atoms with Gasteiger partial charge in [-0.2, -0.15) is 0 Å². The zero-order valence-electron chi connectivity index (χ0n) is 10.7. The maximum atomic E-state index is 12.1. The van der Waals surface area contributed by atoms with Gasteiger partial charge in [0, 0.05) is 6.04 Å². The molecule has 0 radical (unpaired) electrons. The summed E-state index contributed by atoms with van der Waals surface area (Å²) in [7, 11) is 1.31. The summed E-state index contributed by atoms with van der Waals surface area (Å²) in [6, 6.07) is -0.641. The molecule has 5 atom stereocenters. The lowest BCUT2D eigenvalue weighted by molar-refractivity contribution is -0.145. The van der Waals surface area contributed by atoms with E-state index in [9.17, 15) is 9.59 Å². The number of carbonyl (C=O) groups excluding carboxylic acids is 2. The van der Waals surface area contributed by atoms with Gasteiger partial charge in [0.05, 0.1) is 13.0 Å². The van der Waals surface area contributed by atoms with E-state index >= 15 is 0 Å². The van der Waals surface area contributed by atoms with Gasteiger partial charge in [-0.25, -0.2) is 4.79 Å². The van der Waals surface area contributed by atoms with E-state index in [1.54, 1.807) is 6.92 Å². The molecule has 0 aromatic rings. The minimum absolute atomic E-state index is 0. The first-order valence-electron chi connectivity index (χ1n) is 6.18. The summed E-state index contributed by atoms with van der Waals surface area (Å²) in [5.74, 6) is 0.252. The van der Waals surface area contributed by atoms with Gasteiger partial charge >= 0.3 is 5.97 Å². The molecule has 104 valence electrons. The highest BCUT2D eigenvalue weighted by atomic mass is 35.5. The van der Waals surface area contributed by atoms with Crippen LogP contribution in [-0.4, -0.2) is 31.1 Å². The predicted molar refractivity (Wildman–Crippen MR) is 69.2 cm³/mol. The highest BCUT2D eigenvalue weighted by Crippen LogP contribution is 2.47. The van der Waals surface area contributed by atoms with Gasteiger partial charge in [0.2, 0.25) is 5.91 Å². The van der Waals surface area contributed by atoms with Gasteiger partial charge in [-0.3, -0.25) is 4.79 Å². The van der Waals surface area contributed by atoms with E-state index in [0.717, 1.165) is 19.3 Å². The molecule has 5 nitrogen and oxygen atoms in total. The second-order valence-corrected chi connectivity index (χ2v) is 5.19. The van der Waals surface area contributed by atoms with Crippen molar-refractivity contribution in [3.63, 3.8) is 0 Å². The first-order valence-corrected chi connectivity index (χ1v) is 6.18. The van der Waals surface area contributed by atoms with Crippen LogP contribution in [0.25, 0.3) is 0 Å². The van der Waals surface area contributed by atoms with E-state index in [4.69, 9.17) is 5.73 Å². The van der Waals surface area contributed by atoms with Crippen molar-refractivity contribution in [1.82, 2.24) is 5.32 Å². The largest absolute Gasteiger partial charge is 0.467 e. The van der Waals surface area contributed by atoms with Crippen LogP contribution < -0.4 is 11.1 Å². The van der Waals surface area contributed by atoms with Gasteiger partial charge in [-0.15, -0.1) is 12.4 Å². The van der Waals surface area contributed by atoms with Crippen LogP contribution in [0, 0.1) is 17.8 Å². The van der Waals surface area contributed by atoms with Crippen molar-refractivity contribution < 1.29 is 14.3 Å². The summed E-state index contributed by atoms with van der Waals surface area (Å²) < 4.78 is 4.58. The number of hydrogen-bond donors (Lipinski definition) is 2. The molecular formula is C12H21ClN2O3. The lowest BCUT2D eigenvalue weighted by Crippen LogP contribution is -2.49. The number of fused-ring (bicyclic) bond motifs is 2. The predicted octanol–water partition coefficient (Wildman–Crippen LogP) is 0.459. The lowest BCUT2D eigenvalue weighted by Gasteiger charge is -2.27. The number of amides is 1. The lowest BCUT2D eigenvalue weighted by atomic mass is 9.84. The van der Waals surface area contributed by atoms with Gasteiger partial charge < -0.3 is 15.8 Å². The Morgan fingerprint density at radius 2 is 1.94 bits per heavy atom. The van der Waals surface area contributed by atoms with Crippen LogP contribution in [0.15, 0.2) is 0 Å². The Morgan fingerprint density at radius 3 is 2.44 bits per heavy atom. The molecule has 0 spiro atoms. The topological polar surface area (TPSA) is 81.4 Å². The highest BCUT2D eigenvalue weighted by Gasteiger charge is 2.49. The summed E-state index contributed by atoms with van der Waals surface area (Å²) in [5.41, 5.74) is 6.07. The Morgan fingerprint density at radius 1 is 1.33 bits per heavy atom. The van der Waals surface area contributed by atoms with E-state index in [1.807, 2.05) is 0 Å². The molecule has 0 aromatic carbocycles. The van der Waals surface area contributed by atoms with Crippen LogP contribution in [-0.2, 0) is 14.3 Å². The van der Waals surface area contributed by atoms with Gasteiger partial charge in [0.25, 0.3) is 0 Å². The fraction of sp³-hybridized carbons (Fsp3) is 0.833. The van der Waals surface area contributed by atoms with Crippen molar-refractivity contribution in [1.29, 1.82) is 0 Å². The minimum Gasteiger partial charge on any atom is -0.467 e. The third-order valence-electron chi connectivity index (χ3n) is 4.20. The summed E-state index contributed by atoms with van der Waals surface area (Å²) in [5, 5.41) is 2.69. The third kappa shape index (κ3) is 2.62. The molecule has 2 aliphatic rings. The van der Waals surface area contributed by atoms with Crippen LogP contribution in [0.2, 0.25) is 0 Å². The molecule has 0 aliphatic heterocycles. The molecule has 4 unspecified atom stereocenters. The van der Waals surface area contributed by atoms with E-state index in [2.05, 4.69) is 10.1 Å². The van der Waals surface area contributed by atoms with Gasteiger partial charge in [0.1, 0.15) is 6.04 Å². The minimum atomic E-state index is -0.598. The number of halogens is 1. The maximum absolute atomic E-state index is 12.1. The van der Waals surface area contributed by atoms with Crippen molar-refractivity contribution in [2.75, 3.05) is 7.11 Å². The average Bonchev–Trinajstić information content (AvgIpc) is 2.87. The monoisotopic (exact) mass is 276 g/mol. The van der Waals surface area contributed by atoms with Gasteiger partial charge in [-0.05, 0) is 38.0 Å². The van der Waals surface area contributed by atoms with Crippen LogP contribution in [0.3, 0.4) is 0 Å². The first kappa shape index (κ1) is 15.2. The standard InChI is InChI=1S/C12H20N2O3.ClH/c1-6(12(16)17-2)14-11(15)9-7-3-4-8(5-7)10(9)13;/h6-10H,3-5,13H2,1-2H3,(H,14,15);1H/t6-,7?,8?,9?,10?;/m0./s1. The summed E-state index contributed by atoms with van der Waals surface area (Å²) in [6.45, 7) is 1.63. The second kappa shape index (κ2) is 5.89.